The van der Waals surface area contributed by atoms with E-state index in [1.165, 1.54) is 11.9 Å². The molecule has 0 saturated heterocycles. The second kappa shape index (κ2) is 10.0. The molecule has 2 N–H and O–H groups in total. The molecule has 1 atom stereocenters. The molecular weight excluding hydrogens is 410 g/mol. The van der Waals surface area contributed by atoms with Crippen LogP contribution in [0.4, 0.5) is 5.69 Å². The molecule has 1 amide bonds. The smallest absolute Gasteiger partial charge is 0.238 e. The van der Waals surface area contributed by atoms with Gasteiger partial charge in [-0.3, -0.25) is 4.79 Å². The van der Waals surface area contributed by atoms with Gasteiger partial charge in [0.25, 0.3) is 0 Å². The van der Waals surface area contributed by atoms with Crippen molar-refractivity contribution in [3.63, 3.8) is 0 Å². The highest BCUT2D eigenvalue weighted by Crippen LogP contribution is 2.24. The van der Waals surface area contributed by atoms with Crippen LogP contribution in [0, 0.1) is 0 Å². The number of nitrogens with one attached hydrogen (secondary N) is 2. The molecular formula is C24H22ClN5O. The second-order valence-electron chi connectivity index (χ2n) is 7.08. The molecule has 156 valence electrons. The van der Waals surface area contributed by atoms with Crippen LogP contribution in [0.15, 0.2) is 91.5 Å². The van der Waals surface area contributed by atoms with E-state index in [1.54, 1.807) is 29.2 Å². The number of carbonyl (C=O) groups is 1. The van der Waals surface area contributed by atoms with E-state index in [0.717, 1.165) is 12.0 Å². The number of anilines is 1. The minimum Gasteiger partial charge on any atom is -0.323 e. The average Bonchev–Trinajstić information content (AvgIpc) is 3.33. The van der Waals surface area contributed by atoms with Gasteiger partial charge >= 0.3 is 0 Å². The van der Waals surface area contributed by atoms with Crippen molar-refractivity contribution in [3.8, 4) is 5.69 Å². The van der Waals surface area contributed by atoms with Crippen LogP contribution in [-0.2, 0) is 11.2 Å². The molecule has 4 rings (SSSR count). The van der Waals surface area contributed by atoms with Gasteiger partial charge < -0.3 is 10.6 Å². The number of hydrogen-bond donors (Lipinski definition) is 2. The standard InChI is InChI=1S/C24H22ClN5O/c25-20-11-12-23(30-17-26-16-28-30)22(14-20)29-24(31)15-27-21(19-9-5-2-6-10-19)13-18-7-3-1-4-8-18/h1-12,14,16-17,21,27H,13,15H2,(H,29,31). The van der Waals surface area contributed by atoms with E-state index in [2.05, 4.69) is 45.0 Å². The van der Waals surface area contributed by atoms with Gasteiger partial charge in [0.1, 0.15) is 12.7 Å². The molecule has 1 unspecified atom stereocenters. The lowest BCUT2D eigenvalue weighted by Gasteiger charge is -2.20. The highest BCUT2D eigenvalue weighted by molar-refractivity contribution is 6.31. The quantitative estimate of drug-likeness (QED) is 0.433. The Bertz CT molecular complexity index is 1120. The molecule has 4 aromatic rings. The number of halogens is 1. The Morgan fingerprint density at radius 2 is 1.74 bits per heavy atom. The van der Waals surface area contributed by atoms with Crippen LogP contribution >= 0.6 is 11.6 Å². The van der Waals surface area contributed by atoms with E-state index < -0.39 is 0 Å². The summed E-state index contributed by atoms with van der Waals surface area (Å²) in [7, 11) is 0. The molecule has 0 fully saturated rings. The summed E-state index contributed by atoms with van der Waals surface area (Å²) >= 11 is 6.15. The first kappa shape index (κ1) is 20.8. The summed E-state index contributed by atoms with van der Waals surface area (Å²) in [6.07, 6.45) is 3.79. The first-order valence-corrected chi connectivity index (χ1v) is 10.3. The molecule has 0 aliphatic carbocycles. The Morgan fingerprint density at radius 1 is 1.00 bits per heavy atom. The van der Waals surface area contributed by atoms with Crippen molar-refractivity contribution in [2.24, 2.45) is 0 Å². The van der Waals surface area contributed by atoms with Gasteiger partial charge in [-0.2, -0.15) is 5.10 Å². The van der Waals surface area contributed by atoms with Crippen LogP contribution in [0.2, 0.25) is 5.02 Å². The van der Waals surface area contributed by atoms with Crippen LogP contribution in [0.25, 0.3) is 5.69 Å². The number of hydrogen-bond acceptors (Lipinski definition) is 4. The molecule has 1 aromatic heterocycles. The maximum absolute atomic E-state index is 12.8. The van der Waals surface area contributed by atoms with Crippen molar-refractivity contribution in [2.75, 3.05) is 11.9 Å². The summed E-state index contributed by atoms with van der Waals surface area (Å²) in [6, 6.07) is 25.6. The minimum absolute atomic E-state index is 0.00324. The molecule has 0 aliphatic rings. The lowest BCUT2D eigenvalue weighted by Crippen LogP contribution is -2.32. The van der Waals surface area contributed by atoms with Gasteiger partial charge in [-0.25, -0.2) is 9.67 Å². The fourth-order valence-electron chi connectivity index (χ4n) is 3.39. The molecule has 3 aromatic carbocycles. The number of amides is 1. The highest BCUT2D eigenvalue weighted by atomic mass is 35.5. The highest BCUT2D eigenvalue weighted by Gasteiger charge is 2.15. The van der Waals surface area contributed by atoms with Crippen molar-refractivity contribution in [3.05, 3.63) is 108 Å². The predicted molar refractivity (Wildman–Crippen MR) is 122 cm³/mol. The van der Waals surface area contributed by atoms with E-state index in [1.807, 2.05) is 36.4 Å². The molecule has 0 aliphatic heterocycles. The summed E-state index contributed by atoms with van der Waals surface area (Å²) in [5.41, 5.74) is 3.60. The Hall–Kier alpha value is -3.48. The van der Waals surface area contributed by atoms with Gasteiger partial charge in [0.15, 0.2) is 0 Å². The Labute approximate surface area is 185 Å². The van der Waals surface area contributed by atoms with E-state index in [4.69, 9.17) is 11.6 Å². The summed E-state index contributed by atoms with van der Waals surface area (Å²) in [6.45, 7) is 0.149. The monoisotopic (exact) mass is 431 g/mol. The number of rotatable bonds is 8. The SMILES string of the molecule is O=C(CNC(Cc1ccccc1)c1ccccc1)Nc1cc(Cl)ccc1-n1cncn1. The zero-order valence-electron chi connectivity index (χ0n) is 16.8. The molecule has 31 heavy (non-hydrogen) atoms. The van der Waals surface area contributed by atoms with Crippen LogP contribution < -0.4 is 10.6 Å². The van der Waals surface area contributed by atoms with Crippen molar-refractivity contribution in [2.45, 2.75) is 12.5 Å². The van der Waals surface area contributed by atoms with Gasteiger partial charge in [-0.1, -0.05) is 72.3 Å². The molecule has 7 heteroatoms. The van der Waals surface area contributed by atoms with Gasteiger partial charge in [-0.05, 0) is 35.7 Å². The fraction of sp³-hybridized carbons (Fsp3) is 0.125. The third-order valence-electron chi connectivity index (χ3n) is 4.89. The Morgan fingerprint density at radius 3 is 2.45 bits per heavy atom. The normalized spacial score (nSPS) is 11.8. The van der Waals surface area contributed by atoms with Gasteiger partial charge in [0, 0.05) is 11.1 Å². The zero-order chi connectivity index (χ0) is 21.5. The molecule has 0 bridgehead atoms. The van der Waals surface area contributed by atoms with Crippen molar-refractivity contribution in [1.82, 2.24) is 20.1 Å². The third-order valence-corrected chi connectivity index (χ3v) is 5.13. The predicted octanol–water partition coefficient (Wildman–Crippen LogP) is 4.43. The van der Waals surface area contributed by atoms with E-state index in [0.29, 0.717) is 16.4 Å². The Balaban J connectivity index is 1.47. The van der Waals surface area contributed by atoms with Crippen molar-refractivity contribution in [1.29, 1.82) is 0 Å². The molecule has 1 heterocycles. The van der Waals surface area contributed by atoms with E-state index >= 15 is 0 Å². The van der Waals surface area contributed by atoms with Crippen molar-refractivity contribution < 1.29 is 4.79 Å². The largest absolute Gasteiger partial charge is 0.323 e. The van der Waals surface area contributed by atoms with Gasteiger partial charge in [0.2, 0.25) is 5.91 Å². The van der Waals surface area contributed by atoms with E-state index in [9.17, 15) is 4.79 Å². The number of carbonyl (C=O) groups excluding carboxylic acids is 1. The topological polar surface area (TPSA) is 71.8 Å². The third kappa shape index (κ3) is 5.57. The first-order chi connectivity index (χ1) is 15.2. The molecule has 0 radical (unpaired) electrons. The van der Waals surface area contributed by atoms with Crippen LogP contribution in [0.3, 0.4) is 0 Å². The van der Waals surface area contributed by atoms with Crippen LogP contribution in [-0.4, -0.2) is 27.2 Å². The number of aromatic nitrogens is 3. The number of nitrogens with zero attached hydrogens (tertiary/aromatic N) is 3. The maximum atomic E-state index is 12.8. The minimum atomic E-state index is -0.169. The number of benzene rings is 3. The lowest BCUT2D eigenvalue weighted by molar-refractivity contribution is -0.115. The van der Waals surface area contributed by atoms with Crippen molar-refractivity contribution >= 4 is 23.2 Å². The van der Waals surface area contributed by atoms with Gasteiger partial charge in [-0.15, -0.1) is 0 Å². The molecule has 0 saturated carbocycles. The maximum Gasteiger partial charge on any atom is 0.238 e. The summed E-state index contributed by atoms with van der Waals surface area (Å²) < 4.78 is 1.58. The summed E-state index contributed by atoms with van der Waals surface area (Å²) in [5.74, 6) is -0.169. The summed E-state index contributed by atoms with van der Waals surface area (Å²) in [5, 5.41) is 11.0. The summed E-state index contributed by atoms with van der Waals surface area (Å²) in [4.78, 5) is 16.7. The lowest BCUT2D eigenvalue weighted by atomic mass is 9.99. The zero-order valence-corrected chi connectivity index (χ0v) is 17.5. The van der Waals surface area contributed by atoms with E-state index in [-0.39, 0.29) is 18.5 Å². The molecule has 6 nitrogen and oxygen atoms in total. The average molecular weight is 432 g/mol. The first-order valence-electron chi connectivity index (χ1n) is 9.96. The van der Waals surface area contributed by atoms with Gasteiger partial charge in [0.05, 0.1) is 17.9 Å². The van der Waals surface area contributed by atoms with Crippen LogP contribution in [0.1, 0.15) is 17.2 Å². The fourth-order valence-corrected chi connectivity index (χ4v) is 3.57. The Kier molecular flexibility index (Phi) is 6.72. The molecule has 0 spiro atoms. The second-order valence-corrected chi connectivity index (χ2v) is 7.52. The van der Waals surface area contributed by atoms with Crippen LogP contribution in [0.5, 0.6) is 0 Å².